The van der Waals surface area contributed by atoms with Crippen LogP contribution in [0.4, 0.5) is 8.78 Å². The summed E-state index contributed by atoms with van der Waals surface area (Å²) in [7, 11) is 0. The molecule has 9 heteroatoms. The van der Waals surface area contributed by atoms with Crippen molar-refractivity contribution >= 4 is 11.8 Å². The molecular formula is C22H18F2N4O2S. The van der Waals surface area contributed by atoms with Crippen molar-refractivity contribution in [3.63, 3.8) is 0 Å². The van der Waals surface area contributed by atoms with Gasteiger partial charge in [-0.25, -0.2) is 13.8 Å². The first-order chi connectivity index (χ1) is 15.1. The molecule has 0 atom stereocenters. The van der Waals surface area contributed by atoms with Crippen LogP contribution in [0.15, 0.2) is 77.0 Å². The number of halogens is 2. The molecule has 6 nitrogen and oxygen atoms in total. The number of ether oxygens (including phenoxy) is 1. The summed E-state index contributed by atoms with van der Waals surface area (Å²) < 4.78 is 40.0. The van der Waals surface area contributed by atoms with Gasteiger partial charge in [0.25, 0.3) is 0 Å². The van der Waals surface area contributed by atoms with E-state index in [9.17, 15) is 8.78 Å². The fourth-order valence-electron chi connectivity index (χ4n) is 2.81. The Balaban J connectivity index is 1.44. The van der Waals surface area contributed by atoms with Crippen molar-refractivity contribution in [2.45, 2.75) is 24.1 Å². The smallest absolute Gasteiger partial charge is 0.226 e. The van der Waals surface area contributed by atoms with Crippen molar-refractivity contribution in [1.82, 2.24) is 19.7 Å². The van der Waals surface area contributed by atoms with Crippen LogP contribution in [0.5, 0.6) is 5.75 Å². The van der Waals surface area contributed by atoms with E-state index in [4.69, 9.17) is 9.15 Å². The molecule has 2 aromatic heterocycles. The number of thioether (sulfide) groups is 1. The summed E-state index contributed by atoms with van der Waals surface area (Å²) in [6, 6.07) is 12.3. The molecule has 0 unspecified atom stereocenters. The molecule has 0 spiro atoms. The number of rotatable bonds is 9. The Morgan fingerprint density at radius 3 is 2.81 bits per heavy atom. The molecule has 0 fully saturated rings. The molecule has 0 saturated carbocycles. The molecule has 0 saturated heterocycles. The summed E-state index contributed by atoms with van der Waals surface area (Å²) in [6.07, 6.45) is 3.25. The molecule has 4 rings (SSSR count). The van der Waals surface area contributed by atoms with Crippen molar-refractivity contribution in [2.24, 2.45) is 0 Å². The molecule has 0 aliphatic heterocycles. The van der Waals surface area contributed by atoms with Gasteiger partial charge in [0.2, 0.25) is 5.89 Å². The summed E-state index contributed by atoms with van der Waals surface area (Å²) in [5, 5.41) is 9.01. The first-order valence-corrected chi connectivity index (χ1v) is 10.4. The number of para-hydroxylation sites is 1. The standard InChI is InChI=1S/C22H18F2N4O2S/c1-2-10-28-20(13-29-19-9-4-3-8-18(19)24)26-27-22(28)31-14-17-12-30-21(25-17)15-6-5-7-16(23)11-15/h2-9,11-12H,1,10,13-14H2. The zero-order valence-electron chi connectivity index (χ0n) is 16.4. The van der Waals surface area contributed by atoms with Gasteiger partial charge in [-0.2, -0.15) is 0 Å². The molecule has 2 heterocycles. The Morgan fingerprint density at radius 2 is 2.00 bits per heavy atom. The van der Waals surface area contributed by atoms with Gasteiger partial charge >= 0.3 is 0 Å². The Bertz CT molecular complexity index is 1190. The topological polar surface area (TPSA) is 66.0 Å². The molecular weight excluding hydrogens is 422 g/mol. The molecule has 2 aromatic carbocycles. The Labute approximate surface area is 181 Å². The molecule has 0 radical (unpaired) electrons. The lowest BCUT2D eigenvalue weighted by Gasteiger charge is -2.09. The van der Waals surface area contributed by atoms with Gasteiger partial charge in [0.15, 0.2) is 22.5 Å². The maximum atomic E-state index is 13.8. The van der Waals surface area contributed by atoms with Gasteiger partial charge in [-0.3, -0.25) is 4.57 Å². The monoisotopic (exact) mass is 440 g/mol. The van der Waals surface area contributed by atoms with Crippen LogP contribution in [0.2, 0.25) is 0 Å². The van der Waals surface area contributed by atoms with E-state index < -0.39 is 5.82 Å². The normalized spacial score (nSPS) is 10.9. The van der Waals surface area contributed by atoms with E-state index >= 15 is 0 Å². The highest BCUT2D eigenvalue weighted by molar-refractivity contribution is 7.98. The molecule has 0 amide bonds. The second kappa shape index (κ2) is 9.57. The van der Waals surface area contributed by atoms with Crippen LogP contribution in [-0.2, 0) is 18.9 Å². The van der Waals surface area contributed by atoms with Crippen LogP contribution in [0.3, 0.4) is 0 Å². The van der Waals surface area contributed by atoms with E-state index in [1.165, 1.54) is 36.2 Å². The molecule has 4 aromatic rings. The predicted molar refractivity (Wildman–Crippen MR) is 112 cm³/mol. The number of aromatic nitrogens is 4. The number of hydrogen-bond acceptors (Lipinski definition) is 6. The average molecular weight is 440 g/mol. The van der Waals surface area contributed by atoms with Gasteiger partial charge in [0, 0.05) is 17.9 Å². The summed E-state index contributed by atoms with van der Waals surface area (Å²) in [5.41, 5.74) is 1.25. The number of hydrogen-bond donors (Lipinski definition) is 0. The van der Waals surface area contributed by atoms with E-state index in [1.54, 1.807) is 36.4 Å². The van der Waals surface area contributed by atoms with Gasteiger partial charge in [-0.1, -0.05) is 36.0 Å². The summed E-state index contributed by atoms with van der Waals surface area (Å²) in [4.78, 5) is 4.41. The lowest BCUT2D eigenvalue weighted by Crippen LogP contribution is -2.08. The molecule has 0 N–H and O–H groups in total. The van der Waals surface area contributed by atoms with Crippen molar-refractivity contribution in [2.75, 3.05) is 0 Å². The molecule has 0 aliphatic rings. The van der Waals surface area contributed by atoms with Gasteiger partial charge in [0.05, 0.1) is 5.69 Å². The summed E-state index contributed by atoms with van der Waals surface area (Å²) in [5.74, 6) is 0.731. The Kier molecular flexibility index (Phi) is 6.42. The van der Waals surface area contributed by atoms with Crippen LogP contribution in [0, 0.1) is 11.6 Å². The third kappa shape index (κ3) is 5.00. The third-order valence-corrected chi connectivity index (χ3v) is 5.27. The van der Waals surface area contributed by atoms with Gasteiger partial charge in [-0.15, -0.1) is 16.8 Å². The van der Waals surface area contributed by atoms with Crippen LogP contribution < -0.4 is 4.74 Å². The summed E-state index contributed by atoms with van der Waals surface area (Å²) in [6.45, 7) is 4.30. The fourth-order valence-corrected chi connectivity index (χ4v) is 3.66. The van der Waals surface area contributed by atoms with Gasteiger partial charge < -0.3 is 9.15 Å². The number of benzene rings is 2. The minimum atomic E-state index is -0.438. The highest BCUT2D eigenvalue weighted by Gasteiger charge is 2.15. The Hall–Kier alpha value is -3.46. The zero-order chi connectivity index (χ0) is 21.6. The lowest BCUT2D eigenvalue weighted by atomic mass is 10.2. The average Bonchev–Trinajstić information content (AvgIpc) is 3.39. The highest BCUT2D eigenvalue weighted by atomic mass is 32.2. The SMILES string of the molecule is C=CCn1c(COc2ccccc2F)nnc1SCc1coc(-c2cccc(F)c2)n1. The minimum Gasteiger partial charge on any atom is -0.483 e. The first kappa shape index (κ1) is 20.8. The van der Waals surface area contributed by atoms with Crippen LogP contribution in [0.25, 0.3) is 11.5 Å². The van der Waals surface area contributed by atoms with Crippen molar-refractivity contribution in [3.8, 4) is 17.2 Å². The summed E-state index contributed by atoms with van der Waals surface area (Å²) >= 11 is 1.41. The van der Waals surface area contributed by atoms with Crippen molar-refractivity contribution < 1.29 is 17.9 Å². The van der Waals surface area contributed by atoms with Crippen LogP contribution >= 0.6 is 11.8 Å². The largest absolute Gasteiger partial charge is 0.483 e. The van der Waals surface area contributed by atoms with E-state index in [2.05, 4.69) is 21.8 Å². The second-order valence-electron chi connectivity index (χ2n) is 6.46. The quantitative estimate of drug-likeness (QED) is 0.261. The van der Waals surface area contributed by atoms with Crippen LogP contribution in [0.1, 0.15) is 11.5 Å². The number of oxazole rings is 1. The van der Waals surface area contributed by atoms with E-state index in [0.29, 0.717) is 40.4 Å². The van der Waals surface area contributed by atoms with E-state index in [-0.39, 0.29) is 18.2 Å². The number of nitrogens with zero attached hydrogens (tertiary/aromatic N) is 4. The van der Waals surface area contributed by atoms with Gasteiger partial charge in [0.1, 0.15) is 18.7 Å². The highest BCUT2D eigenvalue weighted by Crippen LogP contribution is 2.25. The molecule has 158 valence electrons. The molecule has 0 bridgehead atoms. The van der Waals surface area contributed by atoms with Crippen molar-refractivity contribution in [1.29, 1.82) is 0 Å². The molecule has 0 aliphatic carbocycles. The van der Waals surface area contributed by atoms with Crippen LogP contribution in [-0.4, -0.2) is 19.7 Å². The third-order valence-electron chi connectivity index (χ3n) is 4.27. The Morgan fingerprint density at radius 1 is 1.13 bits per heavy atom. The van der Waals surface area contributed by atoms with E-state index in [0.717, 1.165) is 0 Å². The second-order valence-corrected chi connectivity index (χ2v) is 7.40. The lowest BCUT2D eigenvalue weighted by molar-refractivity contribution is 0.275. The number of allylic oxidation sites excluding steroid dienone is 1. The predicted octanol–water partition coefficient (Wildman–Crippen LogP) is 5.27. The molecule has 31 heavy (non-hydrogen) atoms. The van der Waals surface area contributed by atoms with Gasteiger partial charge in [-0.05, 0) is 30.3 Å². The minimum absolute atomic E-state index is 0.0655. The first-order valence-electron chi connectivity index (χ1n) is 9.37. The van der Waals surface area contributed by atoms with Crippen molar-refractivity contribution in [3.05, 3.63) is 90.6 Å². The zero-order valence-corrected chi connectivity index (χ0v) is 17.2. The fraction of sp³-hybridized carbons (Fsp3) is 0.136. The maximum absolute atomic E-state index is 13.8. The maximum Gasteiger partial charge on any atom is 0.226 e. The van der Waals surface area contributed by atoms with E-state index in [1.807, 2.05) is 4.57 Å².